The molecule has 1 amide bonds. The molecular weight excluding hydrogens is 196 g/mol. The van der Waals surface area contributed by atoms with Gasteiger partial charge in [0.1, 0.15) is 0 Å². The van der Waals surface area contributed by atoms with Crippen molar-refractivity contribution in [3.63, 3.8) is 0 Å². The summed E-state index contributed by atoms with van der Waals surface area (Å²) in [5.74, 6) is -1.03. The molecule has 0 aromatic carbocycles. The number of nitrogens with one attached hydrogen (secondary N) is 1. The molecule has 88 valence electrons. The van der Waals surface area contributed by atoms with Crippen LogP contribution in [0.3, 0.4) is 0 Å². The van der Waals surface area contributed by atoms with Gasteiger partial charge < -0.3 is 10.4 Å². The first-order valence-corrected chi connectivity index (χ1v) is 5.23. The van der Waals surface area contributed by atoms with Crippen molar-refractivity contribution < 1.29 is 14.7 Å². The van der Waals surface area contributed by atoms with Gasteiger partial charge in [-0.2, -0.15) is 0 Å². The number of rotatable bonds is 7. The molecule has 0 saturated heterocycles. The number of hydrogen-bond acceptors (Lipinski definition) is 3. The average Bonchev–Trinajstić information content (AvgIpc) is 2.15. The number of hydrogen-bond donors (Lipinski definition) is 2. The standard InChI is InChI=1S/C10H20N2O3/c1-4-8(3)12(7-10(14)15)6-9(13)11-5-2/h8H,4-7H2,1-3H3,(H,11,13)(H,14,15). The van der Waals surface area contributed by atoms with Crippen molar-refractivity contribution in [2.75, 3.05) is 19.6 Å². The molecule has 0 bridgehead atoms. The van der Waals surface area contributed by atoms with Gasteiger partial charge in [-0.05, 0) is 20.3 Å². The van der Waals surface area contributed by atoms with Gasteiger partial charge in [0.25, 0.3) is 0 Å². The van der Waals surface area contributed by atoms with Crippen LogP contribution in [0.4, 0.5) is 0 Å². The number of aliphatic carboxylic acids is 1. The van der Waals surface area contributed by atoms with Crippen LogP contribution in [0.5, 0.6) is 0 Å². The molecule has 1 atom stereocenters. The largest absolute Gasteiger partial charge is 0.480 e. The molecule has 1 unspecified atom stereocenters. The Balaban J connectivity index is 4.23. The molecule has 0 radical (unpaired) electrons. The normalized spacial score (nSPS) is 12.5. The van der Waals surface area contributed by atoms with Crippen molar-refractivity contribution in [3.05, 3.63) is 0 Å². The number of likely N-dealkylation sites (N-methyl/N-ethyl adjacent to an activating group) is 1. The van der Waals surface area contributed by atoms with E-state index in [-0.39, 0.29) is 25.0 Å². The van der Waals surface area contributed by atoms with Crippen LogP contribution in [0, 0.1) is 0 Å². The fourth-order valence-corrected chi connectivity index (χ4v) is 1.24. The molecule has 0 fully saturated rings. The van der Waals surface area contributed by atoms with Gasteiger partial charge >= 0.3 is 5.97 Å². The summed E-state index contributed by atoms with van der Waals surface area (Å²) in [6.07, 6.45) is 0.826. The third kappa shape index (κ3) is 6.06. The molecule has 0 spiro atoms. The van der Waals surface area contributed by atoms with E-state index in [0.29, 0.717) is 6.54 Å². The van der Waals surface area contributed by atoms with Crippen LogP contribution >= 0.6 is 0 Å². The molecule has 2 N–H and O–H groups in total. The van der Waals surface area contributed by atoms with Crippen molar-refractivity contribution in [3.8, 4) is 0 Å². The lowest BCUT2D eigenvalue weighted by Gasteiger charge is -2.25. The molecule has 0 saturated carbocycles. The highest BCUT2D eigenvalue weighted by atomic mass is 16.4. The number of carbonyl (C=O) groups excluding carboxylic acids is 1. The lowest BCUT2D eigenvalue weighted by Crippen LogP contribution is -2.44. The summed E-state index contributed by atoms with van der Waals surface area (Å²) in [4.78, 5) is 23.6. The van der Waals surface area contributed by atoms with Gasteiger partial charge in [0.15, 0.2) is 0 Å². The van der Waals surface area contributed by atoms with Crippen LogP contribution in [0.1, 0.15) is 27.2 Å². The second-order valence-electron chi connectivity index (χ2n) is 3.51. The van der Waals surface area contributed by atoms with Gasteiger partial charge in [-0.1, -0.05) is 6.92 Å². The van der Waals surface area contributed by atoms with Crippen LogP contribution in [-0.2, 0) is 9.59 Å². The van der Waals surface area contributed by atoms with Crippen molar-refractivity contribution in [1.29, 1.82) is 0 Å². The number of nitrogens with zero attached hydrogens (tertiary/aromatic N) is 1. The van der Waals surface area contributed by atoms with Gasteiger partial charge in [0, 0.05) is 12.6 Å². The van der Waals surface area contributed by atoms with Crippen molar-refractivity contribution in [2.45, 2.75) is 33.2 Å². The maximum absolute atomic E-state index is 11.3. The second-order valence-corrected chi connectivity index (χ2v) is 3.51. The maximum Gasteiger partial charge on any atom is 0.317 e. The first-order valence-electron chi connectivity index (χ1n) is 5.23. The Labute approximate surface area is 90.5 Å². The van der Waals surface area contributed by atoms with E-state index >= 15 is 0 Å². The Hall–Kier alpha value is -1.10. The van der Waals surface area contributed by atoms with Gasteiger partial charge in [-0.15, -0.1) is 0 Å². The molecule has 15 heavy (non-hydrogen) atoms. The van der Waals surface area contributed by atoms with E-state index < -0.39 is 5.97 Å². The molecular formula is C10H20N2O3. The molecule has 0 aromatic heterocycles. The van der Waals surface area contributed by atoms with E-state index in [9.17, 15) is 9.59 Å². The summed E-state index contributed by atoms with van der Waals surface area (Å²) in [6, 6.07) is 0.101. The van der Waals surface area contributed by atoms with Crippen LogP contribution in [0.2, 0.25) is 0 Å². The van der Waals surface area contributed by atoms with Gasteiger partial charge in [-0.25, -0.2) is 0 Å². The number of carbonyl (C=O) groups is 2. The Kier molecular flexibility index (Phi) is 6.70. The summed E-state index contributed by atoms with van der Waals surface area (Å²) >= 11 is 0. The quantitative estimate of drug-likeness (QED) is 0.642. The van der Waals surface area contributed by atoms with Crippen LogP contribution in [-0.4, -0.2) is 47.6 Å². The Bertz CT molecular complexity index is 219. The zero-order valence-electron chi connectivity index (χ0n) is 9.62. The smallest absolute Gasteiger partial charge is 0.317 e. The van der Waals surface area contributed by atoms with Gasteiger partial charge in [-0.3, -0.25) is 14.5 Å². The van der Waals surface area contributed by atoms with E-state index in [1.54, 1.807) is 4.90 Å². The Morgan fingerprint density at radius 2 is 1.93 bits per heavy atom. The van der Waals surface area contributed by atoms with Crippen molar-refractivity contribution in [2.24, 2.45) is 0 Å². The average molecular weight is 216 g/mol. The predicted molar refractivity (Wildman–Crippen MR) is 57.6 cm³/mol. The first-order chi connectivity index (χ1) is 7.01. The van der Waals surface area contributed by atoms with E-state index in [4.69, 9.17) is 5.11 Å². The molecule has 0 aliphatic rings. The predicted octanol–water partition coefficient (Wildman–Crippen LogP) is 0.308. The number of carboxylic acid groups (broad SMARTS) is 1. The summed E-state index contributed by atoms with van der Waals surface area (Å²) in [6.45, 7) is 6.35. The molecule has 0 aliphatic heterocycles. The van der Waals surface area contributed by atoms with Crippen molar-refractivity contribution in [1.82, 2.24) is 10.2 Å². The minimum Gasteiger partial charge on any atom is -0.480 e. The van der Waals surface area contributed by atoms with E-state index in [0.717, 1.165) is 6.42 Å². The van der Waals surface area contributed by atoms with Crippen LogP contribution < -0.4 is 5.32 Å². The molecule has 5 nitrogen and oxygen atoms in total. The SMILES string of the molecule is CCNC(=O)CN(CC(=O)O)C(C)CC. The Morgan fingerprint density at radius 3 is 2.33 bits per heavy atom. The monoisotopic (exact) mass is 216 g/mol. The molecule has 5 heteroatoms. The minimum atomic E-state index is -0.903. The lowest BCUT2D eigenvalue weighted by molar-refractivity contribution is -0.139. The summed E-state index contributed by atoms with van der Waals surface area (Å²) in [5, 5.41) is 11.4. The third-order valence-corrected chi connectivity index (χ3v) is 2.27. The minimum absolute atomic E-state index is 0.0911. The maximum atomic E-state index is 11.3. The van der Waals surface area contributed by atoms with Crippen LogP contribution in [0.15, 0.2) is 0 Å². The Morgan fingerprint density at radius 1 is 1.33 bits per heavy atom. The highest BCUT2D eigenvalue weighted by molar-refractivity contribution is 5.79. The summed E-state index contributed by atoms with van der Waals surface area (Å²) in [5.41, 5.74) is 0. The molecule has 0 aliphatic carbocycles. The lowest BCUT2D eigenvalue weighted by atomic mass is 10.2. The van der Waals surface area contributed by atoms with E-state index in [2.05, 4.69) is 5.32 Å². The topological polar surface area (TPSA) is 69.6 Å². The first kappa shape index (κ1) is 13.9. The zero-order chi connectivity index (χ0) is 11.8. The number of amides is 1. The zero-order valence-corrected chi connectivity index (χ0v) is 9.62. The summed E-state index contributed by atoms with van der Waals surface area (Å²) < 4.78 is 0. The third-order valence-electron chi connectivity index (χ3n) is 2.27. The van der Waals surface area contributed by atoms with Gasteiger partial charge in [0.2, 0.25) is 5.91 Å². The van der Waals surface area contributed by atoms with E-state index in [1.165, 1.54) is 0 Å². The van der Waals surface area contributed by atoms with Crippen LogP contribution in [0.25, 0.3) is 0 Å². The highest BCUT2D eigenvalue weighted by Crippen LogP contribution is 2.02. The molecule has 0 rings (SSSR count). The van der Waals surface area contributed by atoms with E-state index in [1.807, 2.05) is 20.8 Å². The highest BCUT2D eigenvalue weighted by Gasteiger charge is 2.18. The molecule has 0 heterocycles. The van der Waals surface area contributed by atoms with Crippen molar-refractivity contribution >= 4 is 11.9 Å². The van der Waals surface area contributed by atoms with Gasteiger partial charge in [0.05, 0.1) is 13.1 Å². The fourth-order valence-electron chi connectivity index (χ4n) is 1.24. The molecule has 0 aromatic rings. The fraction of sp³-hybridized carbons (Fsp3) is 0.800. The second kappa shape index (κ2) is 7.23. The summed E-state index contributed by atoms with van der Waals surface area (Å²) in [7, 11) is 0. The number of carboxylic acids is 1.